The summed E-state index contributed by atoms with van der Waals surface area (Å²) < 4.78 is 0. The predicted molar refractivity (Wildman–Crippen MR) is 68.0 cm³/mol. The van der Waals surface area contributed by atoms with Crippen molar-refractivity contribution >= 4 is 17.7 Å². The first kappa shape index (κ1) is 11.7. The molecule has 17 heavy (non-hydrogen) atoms. The van der Waals surface area contributed by atoms with Crippen LogP contribution in [0.4, 0.5) is 0 Å². The van der Waals surface area contributed by atoms with Crippen molar-refractivity contribution in [2.24, 2.45) is 0 Å². The number of nitrogens with zero attached hydrogens (tertiary/aromatic N) is 1. The Balaban J connectivity index is 2.04. The van der Waals surface area contributed by atoms with Gasteiger partial charge in [0.05, 0.1) is 5.56 Å². The monoisotopic (exact) mass is 247 g/mol. The van der Waals surface area contributed by atoms with Gasteiger partial charge < -0.3 is 10.3 Å². The third-order valence-electron chi connectivity index (χ3n) is 2.32. The van der Waals surface area contributed by atoms with E-state index in [0.29, 0.717) is 12.1 Å². The summed E-state index contributed by atoms with van der Waals surface area (Å²) >= 11 is 1.47. The van der Waals surface area contributed by atoms with E-state index in [2.05, 4.69) is 15.3 Å². The number of H-pyrrole nitrogens is 1. The Labute approximate surface area is 104 Å². The number of pyridine rings is 1. The summed E-state index contributed by atoms with van der Waals surface area (Å²) in [4.78, 5) is 19.1. The van der Waals surface area contributed by atoms with Crippen LogP contribution in [-0.4, -0.2) is 22.1 Å². The number of aromatic nitrogens is 2. The molecule has 0 saturated carbocycles. The summed E-state index contributed by atoms with van der Waals surface area (Å²) in [5, 5.41) is 3.61. The summed E-state index contributed by atoms with van der Waals surface area (Å²) in [6.07, 6.45) is 7.29. The normalized spacial score (nSPS) is 10.2. The summed E-state index contributed by atoms with van der Waals surface area (Å²) in [6, 6.07) is 5.48. The molecule has 0 aliphatic rings. The third-order valence-corrected chi connectivity index (χ3v) is 3.04. The van der Waals surface area contributed by atoms with Gasteiger partial charge in [-0.05, 0) is 30.0 Å². The molecule has 0 saturated heterocycles. The number of hydrogen-bond donors (Lipinski definition) is 2. The van der Waals surface area contributed by atoms with E-state index in [1.165, 1.54) is 11.8 Å². The minimum absolute atomic E-state index is 0.0938. The molecule has 0 radical (unpaired) electrons. The highest BCUT2D eigenvalue weighted by molar-refractivity contribution is 7.98. The highest BCUT2D eigenvalue weighted by atomic mass is 32.2. The first-order chi connectivity index (χ1) is 8.31. The summed E-state index contributed by atoms with van der Waals surface area (Å²) in [7, 11) is 0. The molecule has 5 heteroatoms. The maximum Gasteiger partial charge on any atom is 0.254 e. The summed E-state index contributed by atoms with van der Waals surface area (Å²) in [5.41, 5.74) is 1.67. The molecule has 88 valence electrons. The van der Waals surface area contributed by atoms with Gasteiger partial charge in [-0.3, -0.25) is 4.79 Å². The van der Waals surface area contributed by atoms with Gasteiger partial charge in [-0.15, -0.1) is 11.8 Å². The minimum Gasteiger partial charge on any atom is -0.367 e. The van der Waals surface area contributed by atoms with Crippen LogP contribution in [0.2, 0.25) is 0 Å². The molecule has 0 fully saturated rings. The van der Waals surface area contributed by atoms with Crippen molar-refractivity contribution in [1.29, 1.82) is 0 Å². The zero-order chi connectivity index (χ0) is 12.1. The van der Waals surface area contributed by atoms with Crippen molar-refractivity contribution in [2.75, 3.05) is 6.26 Å². The Kier molecular flexibility index (Phi) is 3.82. The maximum absolute atomic E-state index is 11.9. The van der Waals surface area contributed by atoms with Crippen molar-refractivity contribution in [3.63, 3.8) is 0 Å². The van der Waals surface area contributed by atoms with Crippen LogP contribution in [0, 0.1) is 0 Å². The fourth-order valence-corrected chi connectivity index (χ4v) is 2.02. The van der Waals surface area contributed by atoms with Crippen LogP contribution < -0.4 is 5.32 Å². The third kappa shape index (κ3) is 2.88. The van der Waals surface area contributed by atoms with Gasteiger partial charge >= 0.3 is 0 Å². The number of hydrogen-bond acceptors (Lipinski definition) is 3. The zero-order valence-corrected chi connectivity index (χ0v) is 10.3. The van der Waals surface area contributed by atoms with Crippen LogP contribution in [0.1, 0.15) is 15.9 Å². The number of amides is 1. The fourth-order valence-electron chi connectivity index (χ4n) is 1.47. The molecule has 0 aliphatic heterocycles. The molecule has 4 nitrogen and oxygen atoms in total. The van der Waals surface area contributed by atoms with Gasteiger partial charge in [0.2, 0.25) is 0 Å². The molecule has 0 aliphatic carbocycles. The first-order valence-electron chi connectivity index (χ1n) is 5.20. The molecule has 2 aromatic heterocycles. The SMILES string of the molecule is CSc1ncccc1C(=O)NCc1cc[nH]c1. The Hall–Kier alpha value is -1.75. The number of nitrogens with one attached hydrogen (secondary N) is 2. The number of aromatic amines is 1. The molecule has 0 spiro atoms. The van der Waals surface area contributed by atoms with E-state index >= 15 is 0 Å². The van der Waals surface area contributed by atoms with E-state index in [0.717, 1.165) is 10.6 Å². The zero-order valence-electron chi connectivity index (χ0n) is 9.43. The summed E-state index contributed by atoms with van der Waals surface area (Å²) in [5.74, 6) is -0.0938. The average Bonchev–Trinajstić information content (AvgIpc) is 2.89. The lowest BCUT2D eigenvalue weighted by Crippen LogP contribution is -2.23. The van der Waals surface area contributed by atoms with E-state index in [9.17, 15) is 4.79 Å². The Morgan fingerprint density at radius 3 is 3.12 bits per heavy atom. The largest absolute Gasteiger partial charge is 0.367 e. The van der Waals surface area contributed by atoms with E-state index in [1.54, 1.807) is 18.3 Å². The van der Waals surface area contributed by atoms with Gasteiger partial charge in [0, 0.05) is 25.1 Å². The van der Waals surface area contributed by atoms with Gasteiger partial charge in [-0.2, -0.15) is 0 Å². The lowest BCUT2D eigenvalue weighted by atomic mass is 10.2. The summed E-state index contributed by atoms with van der Waals surface area (Å²) in [6.45, 7) is 0.519. The second kappa shape index (κ2) is 5.54. The molecule has 0 atom stereocenters. The maximum atomic E-state index is 11.9. The van der Waals surface area contributed by atoms with Gasteiger partial charge in [-0.1, -0.05) is 0 Å². The molecule has 0 aromatic carbocycles. The molecule has 2 heterocycles. The number of carbonyl (C=O) groups is 1. The number of rotatable bonds is 4. The molecule has 2 rings (SSSR count). The fraction of sp³-hybridized carbons (Fsp3) is 0.167. The lowest BCUT2D eigenvalue weighted by Gasteiger charge is -2.06. The van der Waals surface area contributed by atoms with Gasteiger partial charge in [0.15, 0.2) is 0 Å². The molecular formula is C12H13N3OS. The van der Waals surface area contributed by atoms with E-state index in [1.807, 2.05) is 24.7 Å². The van der Waals surface area contributed by atoms with Crippen molar-refractivity contribution in [3.8, 4) is 0 Å². The predicted octanol–water partition coefficient (Wildman–Crippen LogP) is 2.06. The smallest absolute Gasteiger partial charge is 0.254 e. The average molecular weight is 247 g/mol. The van der Waals surface area contributed by atoms with E-state index in [-0.39, 0.29) is 5.91 Å². The molecule has 0 bridgehead atoms. The van der Waals surface area contributed by atoms with Crippen LogP contribution in [0.3, 0.4) is 0 Å². The first-order valence-corrected chi connectivity index (χ1v) is 6.42. The van der Waals surface area contributed by atoms with Crippen molar-refractivity contribution in [1.82, 2.24) is 15.3 Å². The topological polar surface area (TPSA) is 57.8 Å². The number of carbonyl (C=O) groups excluding carboxylic acids is 1. The van der Waals surface area contributed by atoms with Gasteiger partial charge in [0.25, 0.3) is 5.91 Å². The Bertz CT molecular complexity index is 496. The van der Waals surface area contributed by atoms with Gasteiger partial charge in [-0.25, -0.2) is 4.98 Å². The second-order valence-corrected chi connectivity index (χ2v) is 4.26. The molecule has 0 unspecified atom stereocenters. The van der Waals surface area contributed by atoms with Crippen molar-refractivity contribution in [3.05, 3.63) is 47.9 Å². The van der Waals surface area contributed by atoms with Gasteiger partial charge in [0.1, 0.15) is 5.03 Å². The Morgan fingerprint density at radius 1 is 1.53 bits per heavy atom. The lowest BCUT2D eigenvalue weighted by molar-refractivity contribution is 0.0947. The van der Waals surface area contributed by atoms with E-state index in [4.69, 9.17) is 0 Å². The van der Waals surface area contributed by atoms with Crippen LogP contribution in [0.25, 0.3) is 0 Å². The Morgan fingerprint density at radius 2 is 2.41 bits per heavy atom. The molecule has 2 aromatic rings. The molecule has 1 amide bonds. The second-order valence-electron chi connectivity index (χ2n) is 3.46. The van der Waals surface area contributed by atoms with Crippen LogP contribution in [0.15, 0.2) is 41.8 Å². The van der Waals surface area contributed by atoms with Crippen molar-refractivity contribution in [2.45, 2.75) is 11.6 Å². The van der Waals surface area contributed by atoms with E-state index < -0.39 is 0 Å². The van der Waals surface area contributed by atoms with Crippen LogP contribution in [0.5, 0.6) is 0 Å². The molecular weight excluding hydrogens is 234 g/mol. The molecule has 2 N–H and O–H groups in total. The quantitative estimate of drug-likeness (QED) is 0.813. The highest BCUT2D eigenvalue weighted by Gasteiger charge is 2.10. The minimum atomic E-state index is -0.0938. The van der Waals surface area contributed by atoms with Crippen LogP contribution in [-0.2, 0) is 6.54 Å². The highest BCUT2D eigenvalue weighted by Crippen LogP contribution is 2.16. The number of thioether (sulfide) groups is 1. The van der Waals surface area contributed by atoms with Crippen LogP contribution >= 0.6 is 11.8 Å². The van der Waals surface area contributed by atoms with Crippen molar-refractivity contribution < 1.29 is 4.79 Å². The standard InChI is InChI=1S/C12H13N3OS/c1-17-12-10(3-2-5-14-12)11(16)15-8-9-4-6-13-7-9/h2-7,13H,8H2,1H3,(H,15,16).